The molecule has 0 spiro atoms. The molecule has 2 heterocycles. The number of piperazine rings is 1. The maximum Gasteiger partial charge on any atom is 0.262 e. The summed E-state index contributed by atoms with van der Waals surface area (Å²) >= 11 is 1.61. The third-order valence-corrected chi connectivity index (χ3v) is 7.91. The van der Waals surface area contributed by atoms with Crippen LogP contribution in [0.4, 0.5) is 11.4 Å². The van der Waals surface area contributed by atoms with Crippen LogP contribution in [0, 0.1) is 0 Å². The molecule has 2 aromatic carbocycles. The Morgan fingerprint density at radius 3 is 2.24 bits per heavy atom. The van der Waals surface area contributed by atoms with Crippen molar-refractivity contribution in [3.8, 4) is 21.9 Å². The monoisotopic (exact) mass is 487 g/mol. The molecule has 0 amide bonds. The van der Waals surface area contributed by atoms with E-state index in [0.717, 1.165) is 29.2 Å². The van der Waals surface area contributed by atoms with E-state index in [-0.39, 0.29) is 4.90 Å². The van der Waals surface area contributed by atoms with Crippen LogP contribution in [0.3, 0.4) is 0 Å². The Balaban J connectivity index is 1.66. The van der Waals surface area contributed by atoms with Crippen molar-refractivity contribution in [1.82, 2.24) is 5.32 Å². The number of nitrogens with zero attached hydrogens (tertiary/aromatic N) is 1. The van der Waals surface area contributed by atoms with Crippen molar-refractivity contribution in [3.05, 3.63) is 53.9 Å². The molecule has 33 heavy (non-hydrogen) atoms. The number of rotatable bonds is 7. The first-order valence-electron chi connectivity index (χ1n) is 10.7. The van der Waals surface area contributed by atoms with Gasteiger partial charge in [-0.3, -0.25) is 4.72 Å². The Morgan fingerprint density at radius 1 is 1.00 bits per heavy atom. The highest BCUT2D eigenvalue weighted by molar-refractivity contribution is 7.92. The van der Waals surface area contributed by atoms with Gasteiger partial charge in [-0.25, -0.2) is 8.42 Å². The molecule has 3 aromatic rings. The van der Waals surface area contributed by atoms with E-state index in [4.69, 9.17) is 9.47 Å². The van der Waals surface area contributed by atoms with Crippen LogP contribution >= 0.6 is 11.3 Å². The van der Waals surface area contributed by atoms with Crippen LogP contribution in [-0.2, 0) is 10.0 Å². The molecule has 1 aromatic heterocycles. The normalized spacial score (nSPS) is 18.7. The first kappa shape index (κ1) is 23.4. The van der Waals surface area contributed by atoms with Crippen LogP contribution in [-0.4, -0.2) is 47.8 Å². The molecule has 0 saturated carbocycles. The lowest BCUT2D eigenvalue weighted by atomic mass is 10.1. The van der Waals surface area contributed by atoms with E-state index in [9.17, 15) is 8.42 Å². The first-order valence-corrected chi connectivity index (χ1v) is 13.1. The summed E-state index contributed by atoms with van der Waals surface area (Å²) in [6.07, 6.45) is 0. The highest BCUT2D eigenvalue weighted by Gasteiger charge is 2.26. The summed E-state index contributed by atoms with van der Waals surface area (Å²) in [5, 5.41) is 5.50. The molecule has 1 fully saturated rings. The fourth-order valence-electron chi connectivity index (χ4n) is 4.18. The number of sulfonamides is 1. The van der Waals surface area contributed by atoms with Crippen LogP contribution in [0.25, 0.3) is 10.4 Å². The first-order chi connectivity index (χ1) is 15.8. The van der Waals surface area contributed by atoms with Crippen molar-refractivity contribution in [2.45, 2.75) is 30.8 Å². The van der Waals surface area contributed by atoms with E-state index in [0.29, 0.717) is 29.3 Å². The average molecular weight is 488 g/mol. The summed E-state index contributed by atoms with van der Waals surface area (Å²) in [5.41, 5.74) is 2.17. The molecule has 2 atom stereocenters. The molecule has 1 aliphatic rings. The van der Waals surface area contributed by atoms with Gasteiger partial charge in [0.2, 0.25) is 0 Å². The lowest BCUT2D eigenvalue weighted by Gasteiger charge is -2.38. The van der Waals surface area contributed by atoms with Crippen LogP contribution in [0.2, 0.25) is 0 Å². The van der Waals surface area contributed by atoms with E-state index in [1.807, 2.05) is 29.6 Å². The molecule has 7 nitrogen and oxygen atoms in total. The van der Waals surface area contributed by atoms with Gasteiger partial charge in [-0.15, -0.1) is 11.3 Å². The van der Waals surface area contributed by atoms with Crippen molar-refractivity contribution in [2.75, 3.05) is 36.9 Å². The minimum absolute atomic E-state index is 0.187. The van der Waals surface area contributed by atoms with Gasteiger partial charge in [0, 0.05) is 36.1 Å². The van der Waals surface area contributed by atoms with Crippen molar-refractivity contribution < 1.29 is 17.9 Å². The number of benzene rings is 2. The van der Waals surface area contributed by atoms with Gasteiger partial charge in [0.05, 0.1) is 30.5 Å². The molecule has 2 N–H and O–H groups in total. The summed E-state index contributed by atoms with van der Waals surface area (Å²) in [6, 6.07) is 15.0. The summed E-state index contributed by atoms with van der Waals surface area (Å²) in [7, 11) is -0.704. The lowest BCUT2D eigenvalue weighted by Crippen LogP contribution is -2.54. The van der Waals surface area contributed by atoms with E-state index >= 15 is 0 Å². The number of hydrogen-bond acceptors (Lipinski definition) is 7. The Hall–Kier alpha value is -2.75. The smallest absolute Gasteiger partial charge is 0.262 e. The van der Waals surface area contributed by atoms with Gasteiger partial charge in [-0.1, -0.05) is 18.2 Å². The summed E-state index contributed by atoms with van der Waals surface area (Å²) < 4.78 is 40.2. The summed E-state index contributed by atoms with van der Waals surface area (Å²) in [6.45, 7) is 5.82. The SMILES string of the molecule is COc1cc(OC)c(N2C[C@@H](C)N[C@@H](C)C2)cc1NS(=O)(=O)c1ccc(-c2cccs2)cc1. The van der Waals surface area contributed by atoms with Crippen molar-refractivity contribution >= 4 is 32.7 Å². The number of ether oxygens (including phenoxy) is 2. The predicted octanol–water partition coefficient (Wildman–Crippen LogP) is 4.42. The minimum atomic E-state index is -3.82. The zero-order valence-electron chi connectivity index (χ0n) is 19.2. The fraction of sp³-hybridized carbons (Fsp3) is 0.333. The van der Waals surface area contributed by atoms with E-state index in [1.54, 1.807) is 42.7 Å². The number of methoxy groups -OCH3 is 2. The molecule has 0 aliphatic carbocycles. The maximum absolute atomic E-state index is 13.2. The van der Waals surface area contributed by atoms with Crippen molar-refractivity contribution in [2.24, 2.45) is 0 Å². The molecular weight excluding hydrogens is 458 g/mol. The zero-order chi connectivity index (χ0) is 23.6. The number of hydrogen-bond donors (Lipinski definition) is 2. The van der Waals surface area contributed by atoms with E-state index in [2.05, 4.69) is 28.8 Å². The third kappa shape index (κ3) is 5.10. The third-order valence-electron chi connectivity index (χ3n) is 5.61. The highest BCUT2D eigenvalue weighted by Crippen LogP contribution is 2.40. The van der Waals surface area contributed by atoms with Gasteiger partial charge in [0.15, 0.2) is 0 Å². The van der Waals surface area contributed by atoms with Gasteiger partial charge in [0.1, 0.15) is 11.5 Å². The van der Waals surface area contributed by atoms with Crippen LogP contribution in [0.15, 0.2) is 58.8 Å². The van der Waals surface area contributed by atoms with E-state index < -0.39 is 10.0 Å². The Kier molecular flexibility index (Phi) is 6.83. The average Bonchev–Trinajstić information content (AvgIpc) is 3.33. The lowest BCUT2D eigenvalue weighted by molar-refractivity contribution is 0.384. The van der Waals surface area contributed by atoms with E-state index in [1.165, 1.54) is 7.11 Å². The van der Waals surface area contributed by atoms with Crippen molar-refractivity contribution in [1.29, 1.82) is 0 Å². The second-order valence-corrected chi connectivity index (χ2v) is 10.8. The second kappa shape index (κ2) is 9.62. The standard InChI is InChI=1S/C24H29N3O4S2/c1-16-14-27(15-17(2)25-16)21-12-20(22(30-3)13-23(21)31-4)26-33(28,29)19-9-7-18(8-10-19)24-6-5-11-32-24/h5-13,16-17,25-26H,14-15H2,1-4H3/t16-,17+. The maximum atomic E-state index is 13.2. The Labute approximate surface area is 199 Å². The van der Waals surface area contributed by atoms with Gasteiger partial charge < -0.3 is 19.7 Å². The van der Waals surface area contributed by atoms with Crippen LogP contribution in [0.5, 0.6) is 11.5 Å². The van der Waals surface area contributed by atoms with Gasteiger partial charge in [-0.2, -0.15) is 0 Å². The zero-order valence-corrected chi connectivity index (χ0v) is 20.8. The molecular formula is C24H29N3O4S2. The van der Waals surface area contributed by atoms with Crippen LogP contribution in [0.1, 0.15) is 13.8 Å². The molecule has 176 valence electrons. The number of anilines is 2. The molecule has 4 rings (SSSR count). The molecule has 0 bridgehead atoms. The predicted molar refractivity (Wildman–Crippen MR) is 134 cm³/mol. The summed E-state index contributed by atoms with van der Waals surface area (Å²) in [5.74, 6) is 1.03. The number of thiophene rings is 1. The minimum Gasteiger partial charge on any atom is -0.494 e. The van der Waals surface area contributed by atoms with Crippen molar-refractivity contribution in [3.63, 3.8) is 0 Å². The number of nitrogens with one attached hydrogen (secondary N) is 2. The molecule has 1 saturated heterocycles. The van der Waals surface area contributed by atoms with Gasteiger partial charge in [-0.05, 0) is 49.1 Å². The molecule has 9 heteroatoms. The molecule has 0 radical (unpaired) electrons. The molecule has 1 aliphatic heterocycles. The topological polar surface area (TPSA) is 79.9 Å². The van der Waals surface area contributed by atoms with Crippen LogP contribution < -0.4 is 24.4 Å². The molecule has 0 unspecified atom stereocenters. The van der Waals surface area contributed by atoms with Gasteiger partial charge >= 0.3 is 0 Å². The summed E-state index contributed by atoms with van der Waals surface area (Å²) in [4.78, 5) is 3.48. The quantitative estimate of drug-likeness (QED) is 0.514. The highest BCUT2D eigenvalue weighted by atomic mass is 32.2. The largest absolute Gasteiger partial charge is 0.494 e. The van der Waals surface area contributed by atoms with Gasteiger partial charge in [0.25, 0.3) is 10.0 Å². The Morgan fingerprint density at radius 2 is 1.67 bits per heavy atom. The Bertz CT molecular complexity index is 1190. The second-order valence-electron chi connectivity index (χ2n) is 8.21. The fourth-order valence-corrected chi connectivity index (χ4v) is 5.97.